The molecule has 6 N–H and O–H groups in total. The van der Waals surface area contributed by atoms with Crippen molar-refractivity contribution in [2.24, 2.45) is 11.5 Å². The second-order valence-corrected chi connectivity index (χ2v) is 8.69. The summed E-state index contributed by atoms with van der Waals surface area (Å²) in [6.45, 7) is 7.16. The summed E-state index contributed by atoms with van der Waals surface area (Å²) in [5.41, 5.74) is 15.6. The van der Waals surface area contributed by atoms with Crippen LogP contribution in [0, 0.1) is 10.8 Å². The van der Waals surface area contributed by atoms with Crippen LogP contribution < -0.4 is 20.9 Å². The Balaban J connectivity index is 0.00000289. The van der Waals surface area contributed by atoms with Gasteiger partial charge in [-0.2, -0.15) is 0 Å². The molecule has 0 aliphatic rings. The van der Waals surface area contributed by atoms with Crippen molar-refractivity contribution in [3.63, 3.8) is 0 Å². The lowest BCUT2D eigenvalue weighted by molar-refractivity contribution is 0.298. The number of rotatable bonds is 8. The highest BCUT2D eigenvalue weighted by Gasteiger charge is 2.17. The van der Waals surface area contributed by atoms with Gasteiger partial charge in [0.05, 0.1) is 11.1 Å². The lowest BCUT2D eigenvalue weighted by Crippen LogP contribution is -2.15. The molecule has 0 bridgehead atoms. The van der Waals surface area contributed by atoms with Gasteiger partial charge in [-0.05, 0) is 52.4 Å². The molecular weight excluding hydrogens is 471 g/mol. The van der Waals surface area contributed by atoms with Gasteiger partial charge in [0.15, 0.2) is 0 Å². The van der Waals surface area contributed by atoms with Crippen LogP contribution in [0.25, 0.3) is 0 Å². The normalized spacial score (nSPS) is 10.4. The van der Waals surface area contributed by atoms with Crippen molar-refractivity contribution < 1.29 is 9.47 Å². The molecule has 0 amide bonds. The van der Waals surface area contributed by atoms with Crippen LogP contribution in [0.5, 0.6) is 11.5 Å². The Morgan fingerprint density at radius 1 is 0.706 bits per heavy atom. The first-order chi connectivity index (χ1) is 15.1. The maximum absolute atomic E-state index is 7.75. The molecule has 0 saturated carbocycles. The molecule has 0 saturated heterocycles. The third kappa shape index (κ3) is 7.40. The molecule has 3 rings (SSSR count). The van der Waals surface area contributed by atoms with E-state index in [2.05, 4.69) is 32.9 Å². The van der Waals surface area contributed by atoms with Crippen molar-refractivity contribution in [3.8, 4) is 11.5 Å². The standard InChI is InChI=1S/C26H30N4O2.2ClH/c1-26(2,3)19-13-17(15-31-22-10-6-4-8-20(22)24(27)28)12-18(14-19)16-32-23-11-7-5-9-21(23)25(29)30;;/h4-14H,15-16H2,1-3H3,(H3,27,28)(H3,29,30);2*1H. The van der Waals surface area contributed by atoms with E-state index in [1.54, 1.807) is 12.1 Å². The smallest absolute Gasteiger partial charge is 0.130 e. The van der Waals surface area contributed by atoms with Gasteiger partial charge in [-0.3, -0.25) is 10.8 Å². The molecule has 0 spiro atoms. The largest absolute Gasteiger partial charge is 0.488 e. The maximum atomic E-state index is 7.75. The summed E-state index contributed by atoms with van der Waals surface area (Å²) in [5.74, 6) is 1.10. The molecule has 0 fully saturated rings. The summed E-state index contributed by atoms with van der Waals surface area (Å²) in [6.07, 6.45) is 0. The minimum atomic E-state index is -0.0562. The van der Waals surface area contributed by atoms with Crippen LogP contribution in [0.3, 0.4) is 0 Å². The zero-order valence-corrected chi connectivity index (χ0v) is 21.2. The van der Waals surface area contributed by atoms with E-state index in [-0.39, 0.29) is 41.9 Å². The number of hydrogen-bond donors (Lipinski definition) is 4. The molecule has 6 nitrogen and oxygen atoms in total. The minimum absolute atomic E-state index is 0. The van der Waals surface area contributed by atoms with Crippen molar-refractivity contribution in [3.05, 3.63) is 94.5 Å². The summed E-state index contributed by atoms with van der Waals surface area (Å²) in [5, 5.41) is 15.5. The number of nitrogens with one attached hydrogen (secondary N) is 2. The Hall–Kier alpha value is -3.22. The van der Waals surface area contributed by atoms with E-state index in [0.29, 0.717) is 35.8 Å². The summed E-state index contributed by atoms with van der Waals surface area (Å²) in [4.78, 5) is 0. The fraction of sp³-hybridized carbons (Fsp3) is 0.231. The lowest BCUT2D eigenvalue weighted by Gasteiger charge is -2.22. The number of hydrogen-bond acceptors (Lipinski definition) is 4. The number of halogens is 2. The molecule has 0 atom stereocenters. The van der Waals surface area contributed by atoms with Crippen LogP contribution >= 0.6 is 24.8 Å². The first-order valence-electron chi connectivity index (χ1n) is 10.4. The second-order valence-electron chi connectivity index (χ2n) is 8.69. The fourth-order valence-electron chi connectivity index (χ4n) is 3.31. The number of benzene rings is 3. The summed E-state index contributed by atoms with van der Waals surface area (Å²) < 4.78 is 12.0. The third-order valence-corrected chi connectivity index (χ3v) is 5.06. The number of nitrogen functional groups attached to an aromatic ring is 2. The lowest BCUT2D eigenvalue weighted by atomic mass is 9.85. The molecular formula is C26H32Cl2N4O2. The Morgan fingerprint density at radius 2 is 1.09 bits per heavy atom. The van der Waals surface area contributed by atoms with Gasteiger partial charge in [-0.15, -0.1) is 24.8 Å². The van der Waals surface area contributed by atoms with Crippen molar-refractivity contribution >= 4 is 36.5 Å². The topological polar surface area (TPSA) is 118 Å². The highest BCUT2D eigenvalue weighted by atomic mass is 35.5. The minimum Gasteiger partial charge on any atom is -0.488 e. The van der Waals surface area contributed by atoms with Gasteiger partial charge < -0.3 is 20.9 Å². The first-order valence-corrected chi connectivity index (χ1v) is 10.4. The van der Waals surface area contributed by atoms with E-state index in [9.17, 15) is 0 Å². The van der Waals surface area contributed by atoms with E-state index < -0.39 is 0 Å². The molecule has 34 heavy (non-hydrogen) atoms. The van der Waals surface area contributed by atoms with E-state index in [1.807, 2.05) is 42.5 Å². The molecule has 8 heteroatoms. The monoisotopic (exact) mass is 502 g/mol. The molecule has 3 aromatic carbocycles. The SMILES string of the molecule is CC(C)(C)c1cc(COc2ccccc2C(=N)N)cc(COc2ccccc2C(=N)N)c1.Cl.Cl. The van der Waals surface area contributed by atoms with E-state index in [4.69, 9.17) is 31.8 Å². The highest BCUT2D eigenvalue weighted by molar-refractivity contribution is 5.98. The van der Waals surface area contributed by atoms with Crippen molar-refractivity contribution in [1.82, 2.24) is 0 Å². The maximum Gasteiger partial charge on any atom is 0.130 e. The molecule has 0 aliphatic carbocycles. The number of nitrogens with two attached hydrogens (primary N) is 2. The molecule has 0 radical (unpaired) electrons. The van der Waals surface area contributed by atoms with Gasteiger partial charge >= 0.3 is 0 Å². The van der Waals surface area contributed by atoms with Gasteiger partial charge in [-0.25, -0.2) is 0 Å². The molecule has 182 valence electrons. The Labute approximate surface area is 213 Å². The first kappa shape index (κ1) is 28.8. The summed E-state index contributed by atoms with van der Waals surface area (Å²) in [6, 6.07) is 20.9. The number of para-hydroxylation sites is 2. The zero-order valence-electron chi connectivity index (χ0n) is 19.6. The predicted molar refractivity (Wildman–Crippen MR) is 143 cm³/mol. The molecule has 0 heterocycles. The molecule has 3 aromatic rings. The Bertz CT molecular complexity index is 1060. The average Bonchev–Trinajstić information content (AvgIpc) is 2.75. The quantitative estimate of drug-likeness (QED) is 0.238. The van der Waals surface area contributed by atoms with Gasteiger partial charge in [0.2, 0.25) is 0 Å². The van der Waals surface area contributed by atoms with Gasteiger partial charge in [0, 0.05) is 0 Å². The van der Waals surface area contributed by atoms with Gasteiger partial charge in [0.1, 0.15) is 36.4 Å². The van der Waals surface area contributed by atoms with E-state index in [0.717, 1.165) is 16.7 Å². The van der Waals surface area contributed by atoms with Crippen LogP contribution in [0.15, 0.2) is 66.7 Å². The van der Waals surface area contributed by atoms with Crippen molar-refractivity contribution in [2.45, 2.75) is 39.4 Å². The number of amidine groups is 2. The summed E-state index contributed by atoms with van der Waals surface area (Å²) >= 11 is 0. The molecule has 0 unspecified atom stereocenters. The second kappa shape index (κ2) is 12.3. The van der Waals surface area contributed by atoms with Gasteiger partial charge in [-0.1, -0.05) is 57.2 Å². The van der Waals surface area contributed by atoms with E-state index >= 15 is 0 Å². The van der Waals surface area contributed by atoms with Gasteiger partial charge in [0.25, 0.3) is 0 Å². The third-order valence-electron chi connectivity index (χ3n) is 5.06. The predicted octanol–water partition coefficient (Wildman–Crippen LogP) is 5.55. The average molecular weight is 503 g/mol. The fourth-order valence-corrected chi connectivity index (χ4v) is 3.31. The van der Waals surface area contributed by atoms with E-state index in [1.165, 1.54) is 0 Å². The van der Waals surface area contributed by atoms with Crippen molar-refractivity contribution in [1.29, 1.82) is 10.8 Å². The van der Waals surface area contributed by atoms with Crippen LogP contribution in [0.4, 0.5) is 0 Å². The highest BCUT2D eigenvalue weighted by Crippen LogP contribution is 2.27. The van der Waals surface area contributed by atoms with Crippen LogP contribution in [0.2, 0.25) is 0 Å². The summed E-state index contributed by atoms with van der Waals surface area (Å²) in [7, 11) is 0. The van der Waals surface area contributed by atoms with Crippen LogP contribution in [0.1, 0.15) is 48.6 Å². The van der Waals surface area contributed by atoms with Crippen molar-refractivity contribution in [2.75, 3.05) is 0 Å². The molecule has 0 aliphatic heterocycles. The van der Waals surface area contributed by atoms with Crippen LogP contribution in [-0.4, -0.2) is 11.7 Å². The Morgan fingerprint density at radius 3 is 1.44 bits per heavy atom. The number of ether oxygens (including phenoxy) is 2. The molecule has 0 aromatic heterocycles. The Kier molecular flexibility index (Phi) is 10.4. The van der Waals surface area contributed by atoms with Crippen LogP contribution in [-0.2, 0) is 18.6 Å². The zero-order chi connectivity index (χ0) is 23.3.